The van der Waals surface area contributed by atoms with Crippen molar-refractivity contribution in [3.05, 3.63) is 33.3 Å². The van der Waals surface area contributed by atoms with Gasteiger partial charge in [0.15, 0.2) is 0 Å². The first-order valence-corrected chi connectivity index (χ1v) is 7.12. The van der Waals surface area contributed by atoms with Crippen LogP contribution in [0.4, 0.5) is 0 Å². The highest BCUT2D eigenvalue weighted by Crippen LogP contribution is 2.22. The maximum absolute atomic E-state index is 12.1. The van der Waals surface area contributed by atoms with Crippen molar-refractivity contribution >= 4 is 33.4 Å². The molecule has 0 bridgehead atoms. The molecule has 1 amide bonds. The van der Waals surface area contributed by atoms with Gasteiger partial charge in [-0.25, -0.2) is 0 Å². The molecule has 0 spiro atoms. The van der Waals surface area contributed by atoms with Gasteiger partial charge in [0.05, 0.1) is 17.7 Å². The van der Waals surface area contributed by atoms with E-state index in [1.807, 2.05) is 6.92 Å². The summed E-state index contributed by atoms with van der Waals surface area (Å²) in [6.07, 6.45) is 2.18. The summed E-state index contributed by atoms with van der Waals surface area (Å²) in [6, 6.07) is 5.18. The van der Waals surface area contributed by atoms with Crippen molar-refractivity contribution in [1.29, 1.82) is 0 Å². The molecular weight excluding hydrogens is 318 g/mol. The van der Waals surface area contributed by atoms with Gasteiger partial charge in [-0.2, -0.15) is 0 Å². The van der Waals surface area contributed by atoms with Crippen LogP contribution in [0.2, 0.25) is 5.02 Å². The first kappa shape index (κ1) is 13.8. The molecule has 5 heteroatoms. The highest BCUT2D eigenvalue weighted by Gasteiger charge is 2.24. The second-order valence-electron chi connectivity index (χ2n) is 4.44. The summed E-state index contributed by atoms with van der Waals surface area (Å²) < 4.78 is 6.29. The third-order valence-electron chi connectivity index (χ3n) is 3.05. The quantitative estimate of drug-likeness (QED) is 0.921. The number of carbonyl (C=O) groups is 1. The van der Waals surface area contributed by atoms with Crippen LogP contribution < -0.4 is 5.32 Å². The van der Waals surface area contributed by atoms with Crippen LogP contribution in [0.1, 0.15) is 30.1 Å². The van der Waals surface area contributed by atoms with Gasteiger partial charge in [-0.1, -0.05) is 11.6 Å². The molecule has 0 radical (unpaired) electrons. The number of nitrogens with one attached hydrogen (secondary N) is 1. The molecule has 1 aliphatic heterocycles. The van der Waals surface area contributed by atoms with Crippen molar-refractivity contribution in [2.24, 2.45) is 0 Å². The SMILES string of the molecule is C[C@@H](NC(=O)c1cc(Cl)ccc1Br)[C@H]1CCCO1. The molecule has 0 aromatic heterocycles. The number of ether oxygens (including phenoxy) is 1. The number of carbonyl (C=O) groups excluding carboxylic acids is 1. The molecule has 0 aliphatic carbocycles. The monoisotopic (exact) mass is 331 g/mol. The molecule has 2 atom stereocenters. The van der Waals surface area contributed by atoms with Crippen molar-refractivity contribution in [3.8, 4) is 0 Å². The third kappa shape index (κ3) is 3.25. The lowest BCUT2D eigenvalue weighted by atomic mass is 10.1. The minimum Gasteiger partial charge on any atom is -0.376 e. The Morgan fingerprint density at radius 2 is 2.39 bits per heavy atom. The highest BCUT2D eigenvalue weighted by molar-refractivity contribution is 9.10. The van der Waals surface area contributed by atoms with Crippen molar-refractivity contribution in [2.75, 3.05) is 6.61 Å². The van der Waals surface area contributed by atoms with E-state index >= 15 is 0 Å². The molecule has 98 valence electrons. The molecule has 1 aromatic carbocycles. The summed E-state index contributed by atoms with van der Waals surface area (Å²) in [5.41, 5.74) is 0.548. The molecule has 0 saturated carbocycles. The minimum absolute atomic E-state index is 0.00545. The van der Waals surface area contributed by atoms with E-state index in [0.29, 0.717) is 10.6 Å². The predicted molar refractivity (Wildman–Crippen MR) is 75.1 cm³/mol. The van der Waals surface area contributed by atoms with Crippen LogP contribution >= 0.6 is 27.5 Å². The lowest BCUT2D eigenvalue weighted by Crippen LogP contribution is -2.40. The number of rotatable bonds is 3. The molecule has 1 aliphatic rings. The Kier molecular flexibility index (Phi) is 4.65. The van der Waals surface area contributed by atoms with E-state index < -0.39 is 0 Å². The molecular formula is C13H15BrClNO2. The zero-order valence-corrected chi connectivity index (χ0v) is 12.4. The van der Waals surface area contributed by atoms with E-state index in [9.17, 15) is 4.79 Å². The number of amides is 1. The normalized spacial score (nSPS) is 20.7. The van der Waals surface area contributed by atoms with Gasteiger partial charge < -0.3 is 10.1 Å². The molecule has 0 unspecified atom stereocenters. The molecule has 2 rings (SSSR count). The Balaban J connectivity index is 2.04. The van der Waals surface area contributed by atoms with Gasteiger partial charge in [0.25, 0.3) is 5.91 Å². The summed E-state index contributed by atoms with van der Waals surface area (Å²) in [6.45, 7) is 2.75. The minimum atomic E-state index is -0.132. The summed E-state index contributed by atoms with van der Waals surface area (Å²) in [4.78, 5) is 12.1. The van der Waals surface area contributed by atoms with Gasteiger partial charge in [-0.3, -0.25) is 4.79 Å². The van der Waals surface area contributed by atoms with Crippen LogP contribution in [0.3, 0.4) is 0 Å². The van der Waals surface area contributed by atoms with E-state index in [2.05, 4.69) is 21.2 Å². The third-order valence-corrected chi connectivity index (χ3v) is 3.98. The van der Waals surface area contributed by atoms with Crippen molar-refractivity contribution in [1.82, 2.24) is 5.32 Å². The molecule has 1 N–H and O–H groups in total. The van der Waals surface area contributed by atoms with E-state index in [1.165, 1.54) is 0 Å². The van der Waals surface area contributed by atoms with Gasteiger partial charge >= 0.3 is 0 Å². The summed E-state index contributed by atoms with van der Waals surface area (Å²) in [5.74, 6) is -0.132. The lowest BCUT2D eigenvalue weighted by Gasteiger charge is -2.20. The number of hydrogen-bond acceptors (Lipinski definition) is 2. The largest absolute Gasteiger partial charge is 0.376 e. The van der Waals surface area contributed by atoms with Crippen molar-refractivity contribution < 1.29 is 9.53 Å². The van der Waals surface area contributed by atoms with Crippen molar-refractivity contribution in [2.45, 2.75) is 31.9 Å². The summed E-state index contributed by atoms with van der Waals surface area (Å²) in [5, 5.41) is 3.50. The van der Waals surface area contributed by atoms with Crippen LogP contribution in [0.25, 0.3) is 0 Å². The lowest BCUT2D eigenvalue weighted by molar-refractivity contribution is 0.0712. The van der Waals surface area contributed by atoms with Crippen molar-refractivity contribution in [3.63, 3.8) is 0 Å². The second-order valence-corrected chi connectivity index (χ2v) is 5.73. The van der Waals surface area contributed by atoms with Crippen LogP contribution in [0.15, 0.2) is 22.7 Å². The second kappa shape index (κ2) is 6.04. The van der Waals surface area contributed by atoms with Gasteiger partial charge in [0.1, 0.15) is 0 Å². The van der Waals surface area contributed by atoms with E-state index in [1.54, 1.807) is 18.2 Å². The fourth-order valence-electron chi connectivity index (χ4n) is 2.05. The van der Waals surface area contributed by atoms with E-state index in [0.717, 1.165) is 23.9 Å². The Labute approximate surface area is 120 Å². The fourth-order valence-corrected chi connectivity index (χ4v) is 2.64. The first-order chi connectivity index (χ1) is 8.58. The molecule has 18 heavy (non-hydrogen) atoms. The summed E-state index contributed by atoms with van der Waals surface area (Å²) >= 11 is 9.25. The zero-order chi connectivity index (χ0) is 13.1. The molecule has 1 fully saturated rings. The van der Waals surface area contributed by atoms with Gasteiger partial charge in [-0.05, 0) is 53.9 Å². The standard InChI is InChI=1S/C13H15BrClNO2/c1-8(12-3-2-6-18-12)16-13(17)10-7-9(15)4-5-11(10)14/h4-5,7-8,12H,2-3,6H2,1H3,(H,16,17)/t8-,12-/m1/s1. The van der Waals surface area contributed by atoms with Crippen LogP contribution in [0, 0.1) is 0 Å². The zero-order valence-electron chi connectivity index (χ0n) is 10.1. The molecule has 1 heterocycles. The van der Waals surface area contributed by atoms with E-state index in [-0.39, 0.29) is 18.1 Å². The van der Waals surface area contributed by atoms with E-state index in [4.69, 9.17) is 16.3 Å². The number of benzene rings is 1. The smallest absolute Gasteiger partial charge is 0.252 e. The Morgan fingerprint density at radius 1 is 1.61 bits per heavy atom. The predicted octanol–water partition coefficient (Wildman–Crippen LogP) is 3.40. The Hall–Kier alpha value is -0.580. The van der Waals surface area contributed by atoms with Crippen LogP contribution in [0.5, 0.6) is 0 Å². The first-order valence-electron chi connectivity index (χ1n) is 5.95. The Bertz CT molecular complexity index is 447. The highest BCUT2D eigenvalue weighted by atomic mass is 79.9. The Morgan fingerprint density at radius 3 is 3.06 bits per heavy atom. The maximum Gasteiger partial charge on any atom is 0.252 e. The topological polar surface area (TPSA) is 38.3 Å². The summed E-state index contributed by atoms with van der Waals surface area (Å²) in [7, 11) is 0. The average molecular weight is 333 g/mol. The van der Waals surface area contributed by atoms with Gasteiger partial charge in [0, 0.05) is 16.1 Å². The van der Waals surface area contributed by atoms with Crippen LogP contribution in [-0.4, -0.2) is 24.7 Å². The average Bonchev–Trinajstić information content (AvgIpc) is 2.85. The molecule has 1 saturated heterocycles. The number of hydrogen-bond donors (Lipinski definition) is 1. The van der Waals surface area contributed by atoms with Gasteiger partial charge in [-0.15, -0.1) is 0 Å². The number of halogens is 2. The maximum atomic E-state index is 12.1. The van der Waals surface area contributed by atoms with Crippen LogP contribution in [-0.2, 0) is 4.74 Å². The fraction of sp³-hybridized carbons (Fsp3) is 0.462. The molecule has 1 aromatic rings. The molecule has 3 nitrogen and oxygen atoms in total. The van der Waals surface area contributed by atoms with Gasteiger partial charge in [0.2, 0.25) is 0 Å².